The third-order valence-corrected chi connectivity index (χ3v) is 9.56. The van der Waals surface area contributed by atoms with Crippen LogP contribution in [0.5, 0.6) is 0 Å². The molecule has 35 heavy (non-hydrogen) atoms. The van der Waals surface area contributed by atoms with Crippen LogP contribution in [0.15, 0.2) is 48.5 Å². The second-order valence-electron chi connectivity index (χ2n) is 9.45. The van der Waals surface area contributed by atoms with Crippen molar-refractivity contribution in [1.82, 2.24) is 4.90 Å². The summed E-state index contributed by atoms with van der Waals surface area (Å²) in [5, 5.41) is 0. The topological polar surface area (TPSA) is 32.8 Å². The van der Waals surface area contributed by atoms with E-state index in [2.05, 4.69) is 109 Å². The number of benzene rings is 3. The molecule has 3 aromatic rings. The summed E-state index contributed by atoms with van der Waals surface area (Å²) in [6.07, 6.45) is -0.213. The van der Waals surface area contributed by atoms with Crippen LogP contribution in [0, 0.1) is 24.3 Å². The monoisotopic (exact) mass is 598 g/mol. The third-order valence-electron chi connectivity index (χ3n) is 7.62. The molecule has 0 aromatic heterocycles. The Kier molecular flexibility index (Phi) is 7.04. The normalized spacial score (nSPS) is 15.2. The SMILES string of the molecule is Cc1c(I)c(C)c(N2CCN(C(=O)OCC3c4ccccc4-c4ccccc43)CC2)c(C)c1CS. The van der Waals surface area contributed by atoms with Crippen molar-refractivity contribution >= 4 is 47.0 Å². The number of hydrogen-bond donors (Lipinski definition) is 1. The Morgan fingerprint density at radius 1 is 0.914 bits per heavy atom. The first-order valence-corrected chi connectivity index (χ1v) is 13.9. The second kappa shape index (κ2) is 10.1. The summed E-state index contributed by atoms with van der Waals surface area (Å²) in [6, 6.07) is 16.9. The molecule has 6 heteroatoms. The fraction of sp³-hybridized carbons (Fsp3) is 0.345. The maximum absolute atomic E-state index is 13.0. The van der Waals surface area contributed by atoms with Crippen molar-refractivity contribution in [1.29, 1.82) is 0 Å². The predicted octanol–water partition coefficient (Wildman–Crippen LogP) is 6.72. The lowest BCUT2D eigenvalue weighted by Gasteiger charge is -2.38. The van der Waals surface area contributed by atoms with E-state index in [1.54, 1.807) is 0 Å². The van der Waals surface area contributed by atoms with E-state index in [9.17, 15) is 4.79 Å². The molecule has 5 rings (SSSR count). The van der Waals surface area contributed by atoms with Gasteiger partial charge in [0.15, 0.2) is 0 Å². The quantitative estimate of drug-likeness (QED) is 0.268. The van der Waals surface area contributed by atoms with E-state index in [1.165, 1.54) is 53.8 Å². The van der Waals surface area contributed by atoms with Crippen LogP contribution in [0.2, 0.25) is 0 Å². The Labute approximate surface area is 227 Å². The maximum Gasteiger partial charge on any atom is 0.409 e. The largest absolute Gasteiger partial charge is 0.448 e. The molecule has 1 saturated heterocycles. The van der Waals surface area contributed by atoms with E-state index < -0.39 is 0 Å². The van der Waals surface area contributed by atoms with Crippen LogP contribution in [-0.4, -0.2) is 43.8 Å². The molecular formula is C29H31IN2O2S. The summed E-state index contributed by atoms with van der Waals surface area (Å²) in [7, 11) is 0. The van der Waals surface area contributed by atoms with Gasteiger partial charge in [-0.1, -0.05) is 48.5 Å². The van der Waals surface area contributed by atoms with Crippen LogP contribution in [0.3, 0.4) is 0 Å². The highest BCUT2D eigenvalue weighted by molar-refractivity contribution is 14.1. The average Bonchev–Trinajstić information content (AvgIpc) is 3.20. The van der Waals surface area contributed by atoms with Crippen LogP contribution >= 0.6 is 35.2 Å². The van der Waals surface area contributed by atoms with Crippen molar-refractivity contribution in [3.05, 3.63) is 85.5 Å². The van der Waals surface area contributed by atoms with E-state index in [0.717, 1.165) is 18.8 Å². The summed E-state index contributed by atoms with van der Waals surface area (Å²) in [6.45, 7) is 9.89. The molecule has 0 radical (unpaired) electrons. The minimum atomic E-state index is -0.213. The van der Waals surface area contributed by atoms with Gasteiger partial charge in [0.25, 0.3) is 0 Å². The number of piperazine rings is 1. The number of fused-ring (bicyclic) bond motifs is 3. The molecule has 1 aliphatic heterocycles. The molecule has 0 unspecified atom stereocenters. The zero-order valence-corrected chi connectivity index (χ0v) is 23.5. The van der Waals surface area contributed by atoms with Crippen LogP contribution in [0.25, 0.3) is 11.1 Å². The summed E-state index contributed by atoms with van der Waals surface area (Å²) < 4.78 is 7.21. The first-order chi connectivity index (χ1) is 16.9. The lowest BCUT2D eigenvalue weighted by Crippen LogP contribution is -2.49. The zero-order valence-electron chi connectivity index (χ0n) is 20.5. The van der Waals surface area contributed by atoms with E-state index in [0.29, 0.717) is 19.7 Å². The minimum Gasteiger partial charge on any atom is -0.448 e. The van der Waals surface area contributed by atoms with Crippen molar-refractivity contribution in [2.75, 3.05) is 37.7 Å². The van der Waals surface area contributed by atoms with Crippen LogP contribution < -0.4 is 4.90 Å². The van der Waals surface area contributed by atoms with Crippen LogP contribution in [0.4, 0.5) is 10.5 Å². The Hall–Kier alpha value is -2.19. The van der Waals surface area contributed by atoms with Gasteiger partial charge in [-0.15, -0.1) is 0 Å². The van der Waals surface area contributed by atoms with Gasteiger partial charge in [0.2, 0.25) is 0 Å². The summed E-state index contributed by atoms with van der Waals surface area (Å²) in [5.41, 5.74) is 11.6. The lowest BCUT2D eigenvalue weighted by molar-refractivity contribution is 0.0977. The number of anilines is 1. The van der Waals surface area contributed by atoms with Gasteiger partial charge in [0, 0.05) is 47.1 Å². The number of nitrogens with zero attached hydrogens (tertiary/aromatic N) is 2. The van der Waals surface area contributed by atoms with Gasteiger partial charge in [-0.05, 0) is 87.9 Å². The van der Waals surface area contributed by atoms with Crippen molar-refractivity contribution in [2.45, 2.75) is 32.4 Å². The molecule has 3 aromatic carbocycles. The fourth-order valence-electron chi connectivity index (χ4n) is 5.73. The third kappa shape index (κ3) is 4.33. The number of ether oxygens (including phenoxy) is 1. The number of amides is 1. The van der Waals surface area contributed by atoms with E-state index in [4.69, 9.17) is 4.74 Å². The predicted molar refractivity (Wildman–Crippen MR) is 155 cm³/mol. The molecule has 4 nitrogen and oxygen atoms in total. The lowest BCUT2D eigenvalue weighted by atomic mass is 9.97. The Morgan fingerprint density at radius 3 is 2.06 bits per heavy atom. The minimum absolute atomic E-state index is 0.0900. The molecular weight excluding hydrogens is 567 g/mol. The maximum atomic E-state index is 13.0. The van der Waals surface area contributed by atoms with Crippen molar-refractivity contribution < 1.29 is 9.53 Å². The zero-order chi connectivity index (χ0) is 24.7. The van der Waals surface area contributed by atoms with Gasteiger partial charge in [0.1, 0.15) is 6.61 Å². The summed E-state index contributed by atoms with van der Waals surface area (Å²) in [5.74, 6) is 0.827. The highest BCUT2D eigenvalue weighted by Gasteiger charge is 2.31. The van der Waals surface area contributed by atoms with Gasteiger partial charge in [0.05, 0.1) is 0 Å². The van der Waals surface area contributed by atoms with Gasteiger partial charge in [-0.2, -0.15) is 12.6 Å². The molecule has 1 heterocycles. The molecule has 1 amide bonds. The van der Waals surface area contributed by atoms with E-state index >= 15 is 0 Å². The van der Waals surface area contributed by atoms with Gasteiger partial charge >= 0.3 is 6.09 Å². The van der Waals surface area contributed by atoms with Crippen molar-refractivity contribution in [3.63, 3.8) is 0 Å². The highest BCUT2D eigenvalue weighted by atomic mass is 127. The summed E-state index contributed by atoms with van der Waals surface area (Å²) in [4.78, 5) is 17.3. The molecule has 0 N–H and O–H groups in total. The smallest absolute Gasteiger partial charge is 0.409 e. The van der Waals surface area contributed by atoms with E-state index in [-0.39, 0.29) is 12.0 Å². The number of carbonyl (C=O) groups excluding carboxylic acids is 1. The molecule has 0 atom stereocenters. The number of halogens is 1. The van der Waals surface area contributed by atoms with Gasteiger partial charge in [-0.25, -0.2) is 4.79 Å². The van der Waals surface area contributed by atoms with Gasteiger partial charge < -0.3 is 14.5 Å². The Balaban J connectivity index is 1.26. The molecule has 0 bridgehead atoms. The number of hydrogen-bond acceptors (Lipinski definition) is 4. The average molecular weight is 599 g/mol. The fourth-order valence-corrected chi connectivity index (χ4v) is 6.79. The molecule has 1 aliphatic carbocycles. The van der Waals surface area contributed by atoms with E-state index in [1.807, 2.05) is 4.90 Å². The molecule has 2 aliphatic rings. The molecule has 0 spiro atoms. The van der Waals surface area contributed by atoms with Gasteiger partial charge in [-0.3, -0.25) is 0 Å². The Morgan fingerprint density at radius 2 is 1.49 bits per heavy atom. The first-order valence-electron chi connectivity index (χ1n) is 12.2. The van der Waals surface area contributed by atoms with Crippen LogP contribution in [0.1, 0.15) is 39.3 Å². The highest BCUT2D eigenvalue weighted by Crippen LogP contribution is 2.44. The summed E-state index contributed by atoms with van der Waals surface area (Å²) >= 11 is 7.04. The Bertz CT molecular complexity index is 1240. The number of rotatable bonds is 4. The molecule has 182 valence electrons. The number of carbonyl (C=O) groups is 1. The molecule has 0 saturated carbocycles. The second-order valence-corrected chi connectivity index (χ2v) is 10.8. The first kappa shape index (κ1) is 24.5. The standard InChI is InChI=1S/C29H31IN2O2S/c1-18-26(17-35)19(2)28(20(3)27(18)30)31-12-14-32(15-13-31)29(33)34-16-25-23-10-6-4-8-21(23)22-9-5-7-11-24(22)25/h4-11,25,35H,12-17H2,1-3H3. The number of thiol groups is 1. The molecule has 1 fully saturated rings. The van der Waals surface area contributed by atoms with Crippen molar-refractivity contribution in [2.24, 2.45) is 0 Å². The van der Waals surface area contributed by atoms with Crippen LogP contribution in [-0.2, 0) is 10.5 Å². The van der Waals surface area contributed by atoms with Crippen molar-refractivity contribution in [3.8, 4) is 11.1 Å².